The quantitative estimate of drug-likeness (QED) is 0.617. The van der Waals surface area contributed by atoms with Gasteiger partial charge in [-0.25, -0.2) is 0 Å². The Morgan fingerprint density at radius 2 is 2.29 bits per heavy atom. The van der Waals surface area contributed by atoms with Crippen molar-refractivity contribution >= 4 is 39.7 Å². The fourth-order valence-electron chi connectivity index (χ4n) is 1.49. The van der Waals surface area contributed by atoms with E-state index in [9.17, 15) is 4.79 Å². The van der Waals surface area contributed by atoms with Crippen LogP contribution >= 0.6 is 33.9 Å². The highest BCUT2D eigenvalue weighted by Gasteiger charge is 2.09. The van der Waals surface area contributed by atoms with Crippen LogP contribution in [0.15, 0.2) is 29.8 Å². The number of ketones is 1. The second kappa shape index (κ2) is 5.73. The van der Waals surface area contributed by atoms with Crippen LogP contribution in [-0.4, -0.2) is 10.8 Å². The lowest BCUT2D eigenvalue weighted by atomic mass is 10.1. The van der Waals surface area contributed by atoms with Gasteiger partial charge in [-0.1, -0.05) is 13.0 Å². The SMILES string of the molecule is CCc1ccc(CC(=O)c2csc(I)c2)nc1. The third kappa shape index (κ3) is 3.35. The predicted octanol–water partition coefficient (Wildman–Crippen LogP) is 3.74. The average molecular weight is 357 g/mol. The first-order valence-electron chi connectivity index (χ1n) is 5.40. The van der Waals surface area contributed by atoms with Crippen molar-refractivity contribution in [3.05, 3.63) is 49.5 Å². The first-order chi connectivity index (χ1) is 8.19. The first-order valence-corrected chi connectivity index (χ1v) is 7.36. The summed E-state index contributed by atoms with van der Waals surface area (Å²) in [6.07, 6.45) is 3.21. The minimum Gasteiger partial charge on any atom is -0.294 e. The van der Waals surface area contributed by atoms with Crippen molar-refractivity contribution in [2.45, 2.75) is 19.8 Å². The van der Waals surface area contributed by atoms with Gasteiger partial charge in [0.25, 0.3) is 0 Å². The summed E-state index contributed by atoms with van der Waals surface area (Å²) in [5.41, 5.74) is 2.83. The predicted molar refractivity (Wildman–Crippen MR) is 78.7 cm³/mol. The lowest BCUT2D eigenvalue weighted by Gasteiger charge is -2.00. The van der Waals surface area contributed by atoms with Crippen molar-refractivity contribution in [2.75, 3.05) is 0 Å². The van der Waals surface area contributed by atoms with Crippen LogP contribution in [0.4, 0.5) is 0 Å². The van der Waals surface area contributed by atoms with Crippen molar-refractivity contribution < 1.29 is 4.79 Å². The molecule has 0 spiro atoms. The third-order valence-corrected chi connectivity index (χ3v) is 4.31. The Hall–Kier alpha value is -0.750. The number of pyridine rings is 1. The Morgan fingerprint density at radius 1 is 1.47 bits per heavy atom. The Labute approximate surface area is 118 Å². The van der Waals surface area contributed by atoms with Gasteiger partial charge in [-0.2, -0.15) is 0 Å². The van der Waals surface area contributed by atoms with Crippen LogP contribution in [0.5, 0.6) is 0 Å². The Bertz CT molecular complexity index is 518. The lowest BCUT2D eigenvalue weighted by Crippen LogP contribution is -2.04. The minimum absolute atomic E-state index is 0.140. The van der Waals surface area contributed by atoms with E-state index >= 15 is 0 Å². The summed E-state index contributed by atoms with van der Waals surface area (Å²) in [7, 11) is 0. The third-order valence-electron chi connectivity index (χ3n) is 2.53. The molecule has 2 aromatic rings. The second-order valence-corrected chi connectivity index (χ2v) is 6.56. The molecule has 0 aliphatic heterocycles. The van der Waals surface area contributed by atoms with Gasteiger partial charge < -0.3 is 0 Å². The van der Waals surface area contributed by atoms with Gasteiger partial charge in [0.05, 0.1) is 9.30 Å². The number of halogens is 1. The van der Waals surface area contributed by atoms with Crippen LogP contribution in [0.1, 0.15) is 28.5 Å². The van der Waals surface area contributed by atoms with E-state index in [0.29, 0.717) is 6.42 Å². The van der Waals surface area contributed by atoms with E-state index in [4.69, 9.17) is 0 Å². The van der Waals surface area contributed by atoms with Crippen LogP contribution in [0.25, 0.3) is 0 Å². The maximum Gasteiger partial charge on any atom is 0.169 e. The monoisotopic (exact) mass is 357 g/mol. The summed E-state index contributed by atoms with van der Waals surface area (Å²) in [6, 6.07) is 5.90. The smallest absolute Gasteiger partial charge is 0.169 e. The van der Waals surface area contributed by atoms with E-state index in [1.54, 1.807) is 11.3 Å². The molecule has 0 unspecified atom stereocenters. The van der Waals surface area contributed by atoms with Gasteiger partial charge in [-0.15, -0.1) is 11.3 Å². The van der Waals surface area contributed by atoms with Crippen molar-refractivity contribution in [2.24, 2.45) is 0 Å². The summed E-state index contributed by atoms with van der Waals surface area (Å²) in [6.45, 7) is 2.09. The summed E-state index contributed by atoms with van der Waals surface area (Å²) < 4.78 is 1.14. The van der Waals surface area contributed by atoms with E-state index in [-0.39, 0.29) is 5.78 Å². The van der Waals surface area contributed by atoms with E-state index < -0.39 is 0 Å². The number of aromatic nitrogens is 1. The highest BCUT2D eigenvalue weighted by atomic mass is 127. The maximum atomic E-state index is 11.9. The Morgan fingerprint density at radius 3 is 2.82 bits per heavy atom. The van der Waals surface area contributed by atoms with Crippen LogP contribution in [0.3, 0.4) is 0 Å². The molecule has 0 aliphatic rings. The van der Waals surface area contributed by atoms with Gasteiger partial charge in [-0.3, -0.25) is 9.78 Å². The molecule has 17 heavy (non-hydrogen) atoms. The number of carbonyl (C=O) groups excluding carboxylic acids is 1. The molecule has 0 bridgehead atoms. The standard InChI is InChI=1S/C13H12INOS/c1-2-9-3-4-11(15-7-9)6-12(16)10-5-13(14)17-8-10/h3-5,7-8H,2,6H2,1H3. The summed E-state index contributed by atoms with van der Waals surface area (Å²) in [4.78, 5) is 16.2. The summed E-state index contributed by atoms with van der Waals surface area (Å²) in [5, 5.41) is 1.91. The zero-order valence-electron chi connectivity index (χ0n) is 9.44. The zero-order chi connectivity index (χ0) is 12.3. The highest BCUT2D eigenvalue weighted by molar-refractivity contribution is 14.1. The molecule has 0 N–H and O–H groups in total. The van der Waals surface area contributed by atoms with Crippen molar-refractivity contribution in [3.63, 3.8) is 0 Å². The van der Waals surface area contributed by atoms with E-state index in [0.717, 1.165) is 20.6 Å². The molecule has 2 rings (SSSR count). The minimum atomic E-state index is 0.140. The lowest BCUT2D eigenvalue weighted by molar-refractivity contribution is 0.0992. The number of Topliss-reactive ketones (excluding diaryl/α,β-unsaturated/α-hetero) is 1. The van der Waals surface area contributed by atoms with Crippen molar-refractivity contribution in [1.29, 1.82) is 0 Å². The fourth-order valence-corrected chi connectivity index (χ4v) is 2.84. The molecule has 0 saturated heterocycles. The van der Waals surface area contributed by atoms with Gasteiger partial charge in [0.1, 0.15) is 0 Å². The van der Waals surface area contributed by atoms with E-state index in [2.05, 4.69) is 34.5 Å². The molecule has 2 heterocycles. The number of nitrogens with zero attached hydrogens (tertiary/aromatic N) is 1. The van der Waals surface area contributed by atoms with Gasteiger partial charge in [0.2, 0.25) is 0 Å². The van der Waals surface area contributed by atoms with E-state index in [1.165, 1.54) is 5.56 Å². The second-order valence-electron chi connectivity index (χ2n) is 3.75. The van der Waals surface area contributed by atoms with Crippen LogP contribution in [-0.2, 0) is 12.8 Å². The zero-order valence-corrected chi connectivity index (χ0v) is 12.4. The average Bonchev–Trinajstić information content (AvgIpc) is 2.77. The molecular formula is C13H12INOS. The largest absolute Gasteiger partial charge is 0.294 e. The Kier molecular flexibility index (Phi) is 4.28. The molecule has 0 saturated carbocycles. The molecule has 0 aromatic carbocycles. The normalized spacial score (nSPS) is 10.5. The number of aryl methyl sites for hydroxylation is 1. The molecular weight excluding hydrogens is 345 g/mol. The van der Waals surface area contributed by atoms with Crippen LogP contribution < -0.4 is 0 Å². The highest BCUT2D eigenvalue weighted by Crippen LogP contribution is 2.18. The van der Waals surface area contributed by atoms with Gasteiger partial charge >= 0.3 is 0 Å². The number of thiophene rings is 1. The number of hydrogen-bond donors (Lipinski definition) is 0. The molecule has 4 heteroatoms. The molecule has 0 amide bonds. The molecule has 0 atom stereocenters. The first kappa shape index (κ1) is 12.7. The van der Waals surface area contributed by atoms with Gasteiger partial charge in [-0.05, 0) is 46.7 Å². The molecule has 0 radical (unpaired) electrons. The molecule has 0 fully saturated rings. The maximum absolute atomic E-state index is 11.9. The number of rotatable bonds is 4. The fraction of sp³-hybridized carbons (Fsp3) is 0.231. The molecule has 0 aliphatic carbocycles. The van der Waals surface area contributed by atoms with Crippen molar-refractivity contribution in [1.82, 2.24) is 4.98 Å². The number of hydrogen-bond acceptors (Lipinski definition) is 3. The topological polar surface area (TPSA) is 30.0 Å². The van der Waals surface area contributed by atoms with Crippen LogP contribution in [0, 0.1) is 2.88 Å². The summed E-state index contributed by atoms with van der Waals surface area (Å²) >= 11 is 3.82. The molecule has 2 aromatic heterocycles. The molecule has 88 valence electrons. The van der Waals surface area contributed by atoms with E-state index in [1.807, 2.05) is 29.8 Å². The summed E-state index contributed by atoms with van der Waals surface area (Å²) in [5.74, 6) is 0.140. The van der Waals surface area contributed by atoms with Gasteiger partial charge in [0.15, 0.2) is 5.78 Å². The van der Waals surface area contributed by atoms with Crippen molar-refractivity contribution in [3.8, 4) is 0 Å². The number of carbonyl (C=O) groups is 1. The van der Waals surface area contributed by atoms with Gasteiger partial charge in [0, 0.05) is 22.8 Å². The Balaban J connectivity index is 2.07. The van der Waals surface area contributed by atoms with Crippen LogP contribution in [0.2, 0.25) is 0 Å². The molecule has 2 nitrogen and oxygen atoms in total.